The van der Waals surface area contributed by atoms with E-state index in [4.69, 9.17) is 0 Å². The molecule has 0 aliphatic heterocycles. The Balaban J connectivity index is 2.75. The summed E-state index contributed by atoms with van der Waals surface area (Å²) in [6.45, 7) is -0.242. The molecule has 0 spiro atoms. The maximum atomic E-state index is 13.5. The fourth-order valence-electron chi connectivity index (χ4n) is 1.32. The van der Waals surface area contributed by atoms with Gasteiger partial charge in [-0.2, -0.15) is 0 Å². The summed E-state index contributed by atoms with van der Waals surface area (Å²) < 4.78 is 51.0. The monoisotopic (exact) mass is 370 g/mol. The summed E-state index contributed by atoms with van der Waals surface area (Å²) >= 11 is 2.89. The van der Waals surface area contributed by atoms with E-state index in [-0.39, 0.29) is 16.8 Å². The van der Waals surface area contributed by atoms with Gasteiger partial charge in [-0.25, -0.2) is 21.5 Å². The van der Waals surface area contributed by atoms with Crippen molar-refractivity contribution < 1.29 is 22.0 Å². The molecule has 20 heavy (non-hydrogen) atoms. The molecule has 0 fully saturated rings. The predicted octanol–water partition coefficient (Wildman–Crippen LogP) is 1.35. The van der Waals surface area contributed by atoms with Crippen molar-refractivity contribution in [2.75, 3.05) is 26.4 Å². The first-order valence-electron chi connectivity index (χ1n) is 5.48. The topological polar surface area (TPSA) is 66.5 Å². The lowest BCUT2D eigenvalue weighted by atomic mass is 10.2. The van der Waals surface area contributed by atoms with Gasteiger partial charge in [-0.15, -0.1) is 0 Å². The van der Waals surface area contributed by atoms with Crippen LogP contribution in [0, 0.1) is 11.6 Å². The Morgan fingerprint density at radius 3 is 2.25 bits per heavy atom. The van der Waals surface area contributed by atoms with Crippen LogP contribution in [0.3, 0.4) is 0 Å². The second-order valence-corrected chi connectivity index (χ2v) is 7.32. The van der Waals surface area contributed by atoms with E-state index in [0.29, 0.717) is 0 Å². The van der Waals surface area contributed by atoms with E-state index in [0.717, 1.165) is 16.4 Å². The summed E-state index contributed by atoms with van der Waals surface area (Å²) in [6.07, 6.45) is 0. The molecular formula is C11H13BrF2N2O3S. The molecular weight excluding hydrogens is 358 g/mol. The van der Waals surface area contributed by atoms with Crippen molar-refractivity contribution in [2.45, 2.75) is 0 Å². The van der Waals surface area contributed by atoms with Crippen molar-refractivity contribution in [2.24, 2.45) is 0 Å². The molecule has 0 heterocycles. The summed E-state index contributed by atoms with van der Waals surface area (Å²) in [6, 6.07) is 1.91. The number of hydrogen-bond donors (Lipinski definition) is 1. The van der Waals surface area contributed by atoms with Gasteiger partial charge < -0.3 is 5.32 Å². The molecule has 0 aromatic heterocycles. The Bertz CT molecular complexity index is 597. The number of sulfonamides is 1. The van der Waals surface area contributed by atoms with Crippen LogP contribution in [-0.4, -0.2) is 45.0 Å². The van der Waals surface area contributed by atoms with Crippen LogP contribution in [0.2, 0.25) is 0 Å². The first kappa shape index (κ1) is 17.0. The Morgan fingerprint density at radius 2 is 1.80 bits per heavy atom. The molecule has 112 valence electrons. The second kappa shape index (κ2) is 6.59. The molecule has 0 radical (unpaired) electrons. The molecule has 5 nitrogen and oxygen atoms in total. The third-order valence-electron chi connectivity index (χ3n) is 2.44. The lowest BCUT2D eigenvalue weighted by molar-refractivity contribution is 0.0947. The summed E-state index contributed by atoms with van der Waals surface area (Å²) in [4.78, 5) is 11.6. The molecule has 1 amide bonds. The van der Waals surface area contributed by atoms with Crippen LogP contribution >= 0.6 is 15.9 Å². The molecule has 0 saturated heterocycles. The Labute approximate surface area is 124 Å². The molecule has 0 aliphatic rings. The minimum Gasteiger partial charge on any atom is -0.351 e. The number of benzene rings is 1. The van der Waals surface area contributed by atoms with E-state index in [2.05, 4.69) is 21.2 Å². The normalized spacial score (nSPS) is 11.7. The fraction of sp³-hybridized carbons (Fsp3) is 0.364. The van der Waals surface area contributed by atoms with Crippen LogP contribution in [0.15, 0.2) is 16.6 Å². The van der Waals surface area contributed by atoms with E-state index in [1.165, 1.54) is 14.1 Å². The third-order valence-corrected chi connectivity index (χ3v) is 4.73. The zero-order valence-corrected chi connectivity index (χ0v) is 13.2. The van der Waals surface area contributed by atoms with Crippen molar-refractivity contribution in [1.82, 2.24) is 9.62 Å². The molecule has 0 saturated carbocycles. The standard InChI is InChI=1S/C11H13BrF2N2O3S/c1-16(2)20(18,19)4-3-15-11(17)10-8(13)5-7(12)6-9(10)14/h5-6H,3-4H2,1-2H3,(H,15,17). The van der Waals surface area contributed by atoms with Gasteiger partial charge in [0.1, 0.15) is 17.2 Å². The highest BCUT2D eigenvalue weighted by Crippen LogP contribution is 2.19. The number of carbonyl (C=O) groups excluding carboxylic acids is 1. The lowest BCUT2D eigenvalue weighted by Crippen LogP contribution is -2.34. The van der Waals surface area contributed by atoms with Crippen molar-refractivity contribution in [3.05, 3.63) is 33.8 Å². The highest BCUT2D eigenvalue weighted by atomic mass is 79.9. The fourth-order valence-corrected chi connectivity index (χ4v) is 2.45. The van der Waals surface area contributed by atoms with Gasteiger partial charge in [0.15, 0.2) is 0 Å². The van der Waals surface area contributed by atoms with E-state index in [1.54, 1.807) is 0 Å². The Kier molecular flexibility index (Phi) is 5.60. The summed E-state index contributed by atoms with van der Waals surface area (Å²) in [7, 11) is -0.775. The number of hydrogen-bond acceptors (Lipinski definition) is 3. The van der Waals surface area contributed by atoms with Crippen LogP contribution in [-0.2, 0) is 10.0 Å². The van der Waals surface area contributed by atoms with Crippen LogP contribution in [0.5, 0.6) is 0 Å². The molecule has 0 unspecified atom stereocenters. The zero-order valence-electron chi connectivity index (χ0n) is 10.8. The minimum atomic E-state index is -3.48. The number of nitrogens with one attached hydrogen (secondary N) is 1. The summed E-state index contributed by atoms with van der Waals surface area (Å²) in [5.41, 5.74) is -0.740. The Hall–Kier alpha value is -1.06. The molecule has 1 rings (SSSR count). The molecule has 0 atom stereocenters. The number of nitrogens with zero attached hydrogens (tertiary/aromatic N) is 1. The summed E-state index contributed by atoms with van der Waals surface area (Å²) in [5, 5.41) is 2.17. The van der Waals surface area contributed by atoms with Crippen molar-refractivity contribution in [3.63, 3.8) is 0 Å². The lowest BCUT2D eigenvalue weighted by Gasteiger charge is -2.12. The second-order valence-electron chi connectivity index (χ2n) is 4.10. The maximum Gasteiger partial charge on any atom is 0.257 e. The van der Waals surface area contributed by atoms with Crippen LogP contribution in [0.25, 0.3) is 0 Å². The average molecular weight is 371 g/mol. The molecule has 1 aromatic rings. The molecule has 0 aliphatic carbocycles. The molecule has 1 aromatic carbocycles. The largest absolute Gasteiger partial charge is 0.351 e. The number of rotatable bonds is 5. The number of carbonyl (C=O) groups is 1. The van der Waals surface area contributed by atoms with Crippen molar-refractivity contribution >= 4 is 31.9 Å². The van der Waals surface area contributed by atoms with Gasteiger partial charge in [0.25, 0.3) is 5.91 Å². The van der Waals surface area contributed by atoms with Crippen LogP contribution < -0.4 is 5.32 Å². The van der Waals surface area contributed by atoms with E-state index in [9.17, 15) is 22.0 Å². The number of halogens is 3. The van der Waals surface area contributed by atoms with Crippen molar-refractivity contribution in [3.8, 4) is 0 Å². The van der Waals surface area contributed by atoms with Crippen LogP contribution in [0.1, 0.15) is 10.4 Å². The molecule has 0 bridgehead atoms. The zero-order chi connectivity index (χ0) is 15.5. The van der Waals surface area contributed by atoms with Gasteiger partial charge >= 0.3 is 0 Å². The van der Waals surface area contributed by atoms with Gasteiger partial charge in [-0.3, -0.25) is 4.79 Å². The number of amides is 1. The first-order valence-corrected chi connectivity index (χ1v) is 7.88. The summed E-state index contributed by atoms with van der Waals surface area (Å²) in [5.74, 6) is -3.40. The highest BCUT2D eigenvalue weighted by molar-refractivity contribution is 9.10. The maximum absolute atomic E-state index is 13.5. The van der Waals surface area contributed by atoms with Gasteiger partial charge in [-0.1, -0.05) is 15.9 Å². The first-order chi connectivity index (χ1) is 9.15. The third kappa shape index (κ3) is 4.22. The van der Waals surface area contributed by atoms with Crippen LogP contribution in [0.4, 0.5) is 8.78 Å². The molecule has 9 heteroatoms. The van der Waals surface area contributed by atoms with Gasteiger partial charge in [0, 0.05) is 25.1 Å². The van der Waals surface area contributed by atoms with E-state index in [1.807, 2.05) is 0 Å². The van der Waals surface area contributed by atoms with Crippen molar-refractivity contribution in [1.29, 1.82) is 0 Å². The average Bonchev–Trinajstić information content (AvgIpc) is 2.26. The smallest absolute Gasteiger partial charge is 0.257 e. The predicted molar refractivity (Wildman–Crippen MR) is 73.9 cm³/mol. The van der Waals surface area contributed by atoms with E-state index < -0.39 is 33.1 Å². The van der Waals surface area contributed by atoms with Gasteiger partial charge in [-0.05, 0) is 12.1 Å². The van der Waals surface area contributed by atoms with Gasteiger partial charge in [0.2, 0.25) is 10.0 Å². The minimum absolute atomic E-state index is 0.166. The molecule has 1 N–H and O–H groups in total. The van der Waals surface area contributed by atoms with E-state index >= 15 is 0 Å². The SMILES string of the molecule is CN(C)S(=O)(=O)CCNC(=O)c1c(F)cc(Br)cc1F. The quantitative estimate of drug-likeness (QED) is 0.850. The highest BCUT2D eigenvalue weighted by Gasteiger charge is 2.19. The van der Waals surface area contributed by atoms with Gasteiger partial charge in [0.05, 0.1) is 5.75 Å². The Morgan fingerprint density at radius 1 is 1.30 bits per heavy atom.